The highest BCUT2D eigenvalue weighted by Crippen LogP contribution is 2.53. The number of rotatable bonds is 3. The van der Waals surface area contributed by atoms with Gasteiger partial charge in [0.15, 0.2) is 0 Å². The third-order valence-corrected chi connectivity index (χ3v) is 5.87. The molecular formula is C22H28N4O4. The maximum Gasteiger partial charge on any atom is 0.407 e. The summed E-state index contributed by atoms with van der Waals surface area (Å²) in [5.41, 5.74) is 2.13. The van der Waals surface area contributed by atoms with E-state index in [9.17, 15) is 9.59 Å². The summed E-state index contributed by atoms with van der Waals surface area (Å²) < 4.78 is 10.3. The van der Waals surface area contributed by atoms with Crippen LogP contribution in [0.4, 0.5) is 10.5 Å². The van der Waals surface area contributed by atoms with Gasteiger partial charge in [-0.25, -0.2) is 9.59 Å². The van der Waals surface area contributed by atoms with Crippen molar-refractivity contribution in [3.63, 3.8) is 0 Å². The molecule has 2 fully saturated rings. The lowest BCUT2D eigenvalue weighted by molar-refractivity contribution is 0.0469. The lowest BCUT2D eigenvalue weighted by Crippen LogP contribution is -2.53. The third-order valence-electron chi connectivity index (χ3n) is 5.87. The Balaban J connectivity index is 1.56. The van der Waals surface area contributed by atoms with Crippen LogP contribution in [-0.4, -0.2) is 53.9 Å². The van der Waals surface area contributed by atoms with Crippen molar-refractivity contribution in [2.75, 3.05) is 25.1 Å². The second kappa shape index (κ2) is 7.41. The van der Waals surface area contributed by atoms with E-state index < -0.39 is 11.6 Å². The van der Waals surface area contributed by atoms with Crippen LogP contribution in [0.2, 0.25) is 0 Å². The molecule has 8 heteroatoms. The molecule has 2 aromatic rings. The van der Waals surface area contributed by atoms with Gasteiger partial charge in [0, 0.05) is 36.9 Å². The van der Waals surface area contributed by atoms with E-state index in [0.29, 0.717) is 16.6 Å². The molecule has 1 aliphatic heterocycles. The molecule has 1 amide bonds. The minimum absolute atomic E-state index is 0.0463. The Hall–Kier alpha value is -2.90. The maximum atomic E-state index is 12.3. The zero-order chi connectivity index (χ0) is 21.5. The number of nitrogens with zero attached hydrogens (tertiary/aromatic N) is 3. The molecule has 8 nitrogen and oxygen atoms in total. The van der Waals surface area contributed by atoms with Crippen LogP contribution < -0.4 is 10.2 Å². The van der Waals surface area contributed by atoms with Crippen LogP contribution in [0, 0.1) is 5.41 Å². The van der Waals surface area contributed by atoms with E-state index in [1.54, 1.807) is 18.5 Å². The van der Waals surface area contributed by atoms with E-state index in [2.05, 4.69) is 20.2 Å². The maximum absolute atomic E-state index is 12.3. The fourth-order valence-corrected chi connectivity index (χ4v) is 4.28. The van der Waals surface area contributed by atoms with Crippen LogP contribution in [0.25, 0.3) is 11.0 Å². The number of methoxy groups -OCH3 is 1. The number of carbonyl (C=O) groups excluding carboxylic acids is 2. The molecule has 0 radical (unpaired) electrons. The number of anilines is 1. The molecule has 4 rings (SSSR count). The van der Waals surface area contributed by atoms with Crippen molar-refractivity contribution in [1.29, 1.82) is 0 Å². The zero-order valence-corrected chi connectivity index (χ0v) is 17.9. The van der Waals surface area contributed by atoms with E-state index in [0.717, 1.165) is 38.0 Å². The highest BCUT2D eigenvalue weighted by atomic mass is 16.6. The Morgan fingerprint density at radius 1 is 1.17 bits per heavy atom. The number of carbonyl (C=O) groups is 2. The molecule has 30 heavy (non-hydrogen) atoms. The zero-order valence-electron chi connectivity index (χ0n) is 17.9. The van der Waals surface area contributed by atoms with Crippen molar-refractivity contribution in [2.24, 2.45) is 5.41 Å². The first-order chi connectivity index (χ1) is 14.2. The number of ether oxygens (including phenoxy) is 2. The molecular weight excluding hydrogens is 384 g/mol. The lowest BCUT2D eigenvalue weighted by atomic mass is 9.88. The normalized spacial score (nSPS) is 20.1. The molecule has 1 unspecified atom stereocenters. The fourth-order valence-electron chi connectivity index (χ4n) is 4.28. The molecule has 1 aromatic carbocycles. The summed E-state index contributed by atoms with van der Waals surface area (Å²) in [4.78, 5) is 35.6. The molecule has 1 aliphatic carbocycles. The minimum Gasteiger partial charge on any atom is -0.465 e. The van der Waals surface area contributed by atoms with Gasteiger partial charge in [0.25, 0.3) is 0 Å². The number of amides is 1. The van der Waals surface area contributed by atoms with Gasteiger partial charge in [0.2, 0.25) is 0 Å². The third kappa shape index (κ3) is 3.91. The average Bonchev–Trinajstić information content (AvgIpc) is 3.46. The van der Waals surface area contributed by atoms with E-state index in [-0.39, 0.29) is 17.6 Å². The Morgan fingerprint density at radius 2 is 1.87 bits per heavy atom. The molecule has 0 bridgehead atoms. The second-order valence-corrected chi connectivity index (χ2v) is 9.15. The molecule has 2 heterocycles. The highest BCUT2D eigenvalue weighted by molar-refractivity contribution is 6.05. The first kappa shape index (κ1) is 20.4. The quantitative estimate of drug-likeness (QED) is 0.773. The molecule has 1 saturated heterocycles. The Labute approximate surface area is 176 Å². The lowest BCUT2D eigenvalue weighted by Gasteiger charge is -2.41. The van der Waals surface area contributed by atoms with Crippen molar-refractivity contribution >= 4 is 28.8 Å². The van der Waals surface area contributed by atoms with Crippen LogP contribution in [-0.2, 0) is 9.47 Å². The largest absolute Gasteiger partial charge is 0.465 e. The number of esters is 1. The van der Waals surface area contributed by atoms with Gasteiger partial charge in [-0.15, -0.1) is 0 Å². The van der Waals surface area contributed by atoms with Gasteiger partial charge in [-0.05, 0) is 52.2 Å². The number of aromatic nitrogens is 2. The summed E-state index contributed by atoms with van der Waals surface area (Å²) in [6.07, 6.45) is 5.81. The number of alkyl carbamates (subject to hydrolysis) is 1. The smallest absolute Gasteiger partial charge is 0.407 e. The monoisotopic (exact) mass is 412 g/mol. The summed E-state index contributed by atoms with van der Waals surface area (Å²) in [7, 11) is 1.36. The standard InChI is InChI=1S/C22H28N4O4/c1-21(2,3)30-20(28)25-16-7-12-26(13-22(16)8-9-22)15-6-5-14(19(27)29-4)17-18(15)24-11-10-23-17/h5-6,10-11,16H,7-9,12-13H2,1-4H3,(H,25,28). The number of fused-ring (bicyclic) bond motifs is 1. The molecule has 2 aliphatic rings. The summed E-state index contributed by atoms with van der Waals surface area (Å²) in [5, 5.41) is 3.09. The summed E-state index contributed by atoms with van der Waals surface area (Å²) in [6, 6.07) is 3.76. The Kier molecular flexibility index (Phi) is 5.03. The summed E-state index contributed by atoms with van der Waals surface area (Å²) in [5.74, 6) is -0.425. The van der Waals surface area contributed by atoms with Gasteiger partial charge in [0.05, 0.1) is 18.4 Å². The number of hydrogen-bond donors (Lipinski definition) is 1. The first-order valence-corrected chi connectivity index (χ1v) is 10.3. The van der Waals surface area contributed by atoms with Crippen LogP contribution in [0.3, 0.4) is 0 Å². The van der Waals surface area contributed by atoms with Crippen molar-refractivity contribution in [1.82, 2.24) is 15.3 Å². The van der Waals surface area contributed by atoms with Crippen LogP contribution in [0.1, 0.15) is 50.4 Å². The van der Waals surface area contributed by atoms with E-state index >= 15 is 0 Å². The molecule has 1 spiro atoms. The number of benzene rings is 1. The van der Waals surface area contributed by atoms with Gasteiger partial charge in [0.1, 0.15) is 16.6 Å². The highest BCUT2D eigenvalue weighted by Gasteiger charge is 2.53. The van der Waals surface area contributed by atoms with Gasteiger partial charge in [-0.1, -0.05) is 0 Å². The van der Waals surface area contributed by atoms with Gasteiger partial charge in [-0.3, -0.25) is 9.97 Å². The van der Waals surface area contributed by atoms with Crippen molar-refractivity contribution in [3.05, 3.63) is 30.1 Å². The fraction of sp³-hybridized carbons (Fsp3) is 0.545. The molecule has 1 aromatic heterocycles. The van der Waals surface area contributed by atoms with Crippen molar-refractivity contribution < 1.29 is 19.1 Å². The number of nitrogens with one attached hydrogen (secondary N) is 1. The van der Waals surface area contributed by atoms with Gasteiger partial charge >= 0.3 is 12.1 Å². The summed E-state index contributed by atoms with van der Waals surface area (Å²) in [6.45, 7) is 7.19. The predicted molar refractivity (Wildman–Crippen MR) is 113 cm³/mol. The molecule has 160 valence electrons. The number of hydrogen-bond acceptors (Lipinski definition) is 7. The second-order valence-electron chi connectivity index (χ2n) is 9.15. The number of piperidine rings is 1. The van der Waals surface area contributed by atoms with E-state index in [4.69, 9.17) is 9.47 Å². The Bertz CT molecular complexity index is 981. The predicted octanol–water partition coefficient (Wildman–Crippen LogP) is 3.30. The van der Waals surface area contributed by atoms with E-state index in [1.807, 2.05) is 26.8 Å². The minimum atomic E-state index is -0.513. The molecule has 1 N–H and O–H groups in total. The molecule has 1 atom stereocenters. The Morgan fingerprint density at radius 3 is 2.50 bits per heavy atom. The van der Waals surface area contributed by atoms with Crippen molar-refractivity contribution in [2.45, 2.75) is 51.7 Å². The SMILES string of the molecule is COC(=O)c1ccc(N2CCC(NC(=O)OC(C)(C)C)C3(CC3)C2)c2nccnc12. The van der Waals surface area contributed by atoms with Crippen LogP contribution in [0.15, 0.2) is 24.5 Å². The summed E-state index contributed by atoms with van der Waals surface area (Å²) >= 11 is 0. The molecule has 1 saturated carbocycles. The van der Waals surface area contributed by atoms with Gasteiger partial charge < -0.3 is 19.7 Å². The first-order valence-electron chi connectivity index (χ1n) is 10.3. The van der Waals surface area contributed by atoms with Gasteiger partial charge in [-0.2, -0.15) is 0 Å². The van der Waals surface area contributed by atoms with Crippen molar-refractivity contribution in [3.8, 4) is 0 Å². The van der Waals surface area contributed by atoms with Crippen LogP contribution >= 0.6 is 0 Å². The van der Waals surface area contributed by atoms with Crippen LogP contribution in [0.5, 0.6) is 0 Å². The van der Waals surface area contributed by atoms with E-state index in [1.165, 1.54) is 7.11 Å². The average molecular weight is 412 g/mol. The topological polar surface area (TPSA) is 93.7 Å².